The molecule has 0 aliphatic carbocycles. The van der Waals surface area contributed by atoms with Crippen LogP contribution in [0.15, 0.2) is 47.3 Å². The Kier molecular flexibility index (Phi) is 4.01. The van der Waals surface area contributed by atoms with Crippen LogP contribution in [-0.4, -0.2) is 15.5 Å². The van der Waals surface area contributed by atoms with E-state index in [0.717, 1.165) is 21.3 Å². The van der Waals surface area contributed by atoms with Crippen molar-refractivity contribution in [2.45, 2.75) is 6.92 Å². The van der Waals surface area contributed by atoms with Crippen LogP contribution < -0.4 is 10.9 Å². The van der Waals surface area contributed by atoms with E-state index in [4.69, 9.17) is 11.6 Å². The molecule has 26 heavy (non-hydrogen) atoms. The number of hydrogen-bond acceptors (Lipinski definition) is 4. The maximum Gasteiger partial charge on any atom is 0.266 e. The summed E-state index contributed by atoms with van der Waals surface area (Å²) in [5, 5.41) is 4.76. The van der Waals surface area contributed by atoms with E-state index in [1.807, 2.05) is 25.1 Å². The minimum absolute atomic E-state index is 0.154. The Labute approximate surface area is 157 Å². The summed E-state index contributed by atoms with van der Waals surface area (Å²) in [4.78, 5) is 30.0. The van der Waals surface area contributed by atoms with Crippen LogP contribution in [0.2, 0.25) is 5.02 Å². The van der Waals surface area contributed by atoms with E-state index in [2.05, 4.69) is 10.3 Å². The fraction of sp³-hybridized carbons (Fsp3) is 0.105. The van der Waals surface area contributed by atoms with Gasteiger partial charge in [-0.1, -0.05) is 17.7 Å². The molecule has 0 saturated carbocycles. The van der Waals surface area contributed by atoms with Gasteiger partial charge in [-0.05, 0) is 43.3 Å². The number of nitrogens with zero attached hydrogens (tertiary/aromatic N) is 2. The zero-order chi connectivity index (χ0) is 18.4. The van der Waals surface area contributed by atoms with Gasteiger partial charge in [-0.25, -0.2) is 4.98 Å². The van der Waals surface area contributed by atoms with Gasteiger partial charge in [-0.3, -0.25) is 9.59 Å². The molecule has 1 aromatic carbocycles. The Hall–Kier alpha value is -2.70. The summed E-state index contributed by atoms with van der Waals surface area (Å²) in [5.74, 6) is 0.200. The topological polar surface area (TPSA) is 64.0 Å². The third-order valence-electron chi connectivity index (χ3n) is 4.19. The van der Waals surface area contributed by atoms with Crippen molar-refractivity contribution in [3.05, 3.63) is 68.4 Å². The van der Waals surface area contributed by atoms with Crippen molar-refractivity contribution in [2.75, 3.05) is 5.32 Å². The second-order valence-corrected chi connectivity index (χ2v) is 7.49. The van der Waals surface area contributed by atoms with Crippen LogP contribution in [-0.2, 0) is 7.05 Å². The number of hydrogen-bond donors (Lipinski definition) is 1. The molecule has 7 heteroatoms. The van der Waals surface area contributed by atoms with E-state index >= 15 is 0 Å². The number of aryl methyl sites for hydroxylation is 2. The molecule has 0 atom stereocenters. The molecule has 130 valence electrons. The Balaban J connectivity index is 1.85. The molecule has 4 aromatic rings. The van der Waals surface area contributed by atoms with Gasteiger partial charge >= 0.3 is 0 Å². The quantitative estimate of drug-likeness (QED) is 0.559. The van der Waals surface area contributed by atoms with Crippen LogP contribution in [0.5, 0.6) is 0 Å². The second-order valence-electron chi connectivity index (χ2n) is 6.00. The van der Waals surface area contributed by atoms with E-state index in [1.165, 1.54) is 11.3 Å². The average Bonchev–Trinajstić information content (AvgIpc) is 3.05. The fourth-order valence-electron chi connectivity index (χ4n) is 2.92. The molecule has 3 heterocycles. The van der Waals surface area contributed by atoms with Gasteiger partial charge in [-0.15, -0.1) is 11.3 Å². The lowest BCUT2D eigenvalue weighted by Gasteiger charge is -2.06. The second kappa shape index (κ2) is 6.23. The molecule has 5 nitrogen and oxygen atoms in total. The first-order valence-corrected chi connectivity index (χ1v) is 9.10. The maximum atomic E-state index is 12.7. The van der Waals surface area contributed by atoms with Crippen LogP contribution in [0.1, 0.15) is 15.4 Å². The van der Waals surface area contributed by atoms with Crippen LogP contribution in [0.3, 0.4) is 0 Å². The van der Waals surface area contributed by atoms with Gasteiger partial charge in [0.05, 0.1) is 15.8 Å². The van der Waals surface area contributed by atoms with Gasteiger partial charge in [0.2, 0.25) is 0 Å². The lowest BCUT2D eigenvalue weighted by Crippen LogP contribution is -2.16. The fourth-order valence-corrected chi connectivity index (χ4v) is 4.16. The molecule has 3 aromatic heterocycles. The highest BCUT2D eigenvalue weighted by Crippen LogP contribution is 2.31. The standard InChI is InChI=1S/C19H14ClN3O2S/c1-10-4-3-5-16(21-10)22-18(24)15-9-13-17(26-15)12-7-6-11(20)8-14(12)23(2)19(13)25/h3-9H,1-2H3,(H,21,22,24). The average molecular weight is 384 g/mol. The van der Waals surface area contributed by atoms with Crippen LogP contribution in [0, 0.1) is 6.92 Å². The molecule has 0 saturated heterocycles. The molecular weight excluding hydrogens is 370 g/mol. The molecule has 1 amide bonds. The molecule has 4 rings (SSSR count). The van der Waals surface area contributed by atoms with Crippen molar-refractivity contribution in [1.82, 2.24) is 9.55 Å². The largest absolute Gasteiger partial charge is 0.311 e. The minimum Gasteiger partial charge on any atom is -0.311 e. The predicted octanol–water partition coefficient (Wildman–Crippen LogP) is 4.36. The molecule has 1 N–H and O–H groups in total. The predicted molar refractivity (Wildman–Crippen MR) is 107 cm³/mol. The monoisotopic (exact) mass is 383 g/mol. The number of amides is 1. The van der Waals surface area contributed by atoms with E-state index < -0.39 is 0 Å². The number of fused-ring (bicyclic) bond motifs is 3. The van der Waals surface area contributed by atoms with Crippen LogP contribution in [0.4, 0.5) is 5.82 Å². The zero-order valence-electron chi connectivity index (χ0n) is 14.0. The summed E-state index contributed by atoms with van der Waals surface area (Å²) in [6.45, 7) is 1.86. The summed E-state index contributed by atoms with van der Waals surface area (Å²) >= 11 is 7.36. The van der Waals surface area contributed by atoms with Gasteiger partial charge in [0.15, 0.2) is 0 Å². The summed E-state index contributed by atoms with van der Waals surface area (Å²) < 4.78 is 2.34. The smallest absolute Gasteiger partial charge is 0.266 e. The number of thiophene rings is 1. The summed E-state index contributed by atoms with van der Waals surface area (Å²) in [7, 11) is 1.70. The number of nitrogens with one attached hydrogen (secondary N) is 1. The highest BCUT2D eigenvalue weighted by atomic mass is 35.5. The Morgan fingerprint density at radius 2 is 2.00 bits per heavy atom. The van der Waals surface area contributed by atoms with Crippen molar-refractivity contribution < 1.29 is 4.79 Å². The first kappa shape index (κ1) is 16.8. The molecule has 0 aliphatic rings. The lowest BCUT2D eigenvalue weighted by atomic mass is 10.1. The molecule has 0 bridgehead atoms. The van der Waals surface area contributed by atoms with E-state index in [1.54, 1.807) is 35.9 Å². The Morgan fingerprint density at radius 3 is 2.77 bits per heavy atom. The van der Waals surface area contributed by atoms with E-state index in [0.29, 0.717) is 21.1 Å². The molecule has 0 fully saturated rings. The van der Waals surface area contributed by atoms with Crippen molar-refractivity contribution in [2.24, 2.45) is 7.05 Å². The maximum absolute atomic E-state index is 12.7. The number of carbonyl (C=O) groups excluding carboxylic acids is 1. The number of halogens is 1. The highest BCUT2D eigenvalue weighted by Gasteiger charge is 2.17. The number of anilines is 1. The van der Waals surface area contributed by atoms with Gasteiger partial charge in [0.1, 0.15) is 5.82 Å². The number of aromatic nitrogens is 2. The third kappa shape index (κ3) is 2.77. The van der Waals surface area contributed by atoms with E-state index in [-0.39, 0.29) is 11.5 Å². The molecule has 0 radical (unpaired) electrons. The molecule has 0 aliphatic heterocycles. The van der Waals surface area contributed by atoms with Crippen molar-refractivity contribution in [3.63, 3.8) is 0 Å². The highest BCUT2D eigenvalue weighted by molar-refractivity contribution is 7.21. The van der Waals surface area contributed by atoms with Crippen molar-refractivity contribution in [3.8, 4) is 0 Å². The number of benzene rings is 1. The minimum atomic E-state index is -0.284. The summed E-state index contributed by atoms with van der Waals surface area (Å²) in [6.07, 6.45) is 0. The van der Waals surface area contributed by atoms with Crippen LogP contribution in [0.25, 0.3) is 21.0 Å². The normalized spacial score (nSPS) is 11.2. The number of pyridine rings is 2. The molecule has 0 spiro atoms. The number of rotatable bonds is 2. The summed E-state index contributed by atoms with van der Waals surface area (Å²) in [5.41, 5.74) is 1.40. The van der Waals surface area contributed by atoms with Crippen molar-refractivity contribution in [1.29, 1.82) is 0 Å². The van der Waals surface area contributed by atoms with Gasteiger partial charge < -0.3 is 9.88 Å². The van der Waals surface area contributed by atoms with E-state index in [9.17, 15) is 9.59 Å². The van der Waals surface area contributed by atoms with Gasteiger partial charge in [0.25, 0.3) is 11.5 Å². The zero-order valence-corrected chi connectivity index (χ0v) is 15.6. The Bertz CT molecular complexity index is 1240. The Morgan fingerprint density at radius 1 is 1.19 bits per heavy atom. The van der Waals surface area contributed by atoms with Crippen molar-refractivity contribution >= 4 is 55.7 Å². The molecule has 0 unspecified atom stereocenters. The van der Waals surface area contributed by atoms with Gasteiger partial charge in [-0.2, -0.15) is 0 Å². The first-order chi connectivity index (χ1) is 12.4. The first-order valence-electron chi connectivity index (χ1n) is 7.91. The molecular formula is C19H14ClN3O2S. The number of carbonyl (C=O) groups is 1. The lowest BCUT2D eigenvalue weighted by molar-refractivity contribution is 0.103. The summed E-state index contributed by atoms with van der Waals surface area (Å²) in [6, 6.07) is 12.5. The van der Waals surface area contributed by atoms with Crippen LogP contribution >= 0.6 is 22.9 Å². The van der Waals surface area contributed by atoms with Gasteiger partial charge in [0, 0.05) is 27.9 Å². The third-order valence-corrected chi connectivity index (χ3v) is 5.59. The SMILES string of the molecule is Cc1cccc(NC(=O)c2cc3c(=O)n(C)c4cc(Cl)ccc4c3s2)n1.